The molecule has 0 radical (unpaired) electrons. The number of anilines is 1. The monoisotopic (exact) mass is 419 g/mol. The van der Waals surface area contributed by atoms with Gasteiger partial charge in [0.1, 0.15) is 5.82 Å². The Morgan fingerprint density at radius 1 is 1.07 bits per heavy atom. The van der Waals surface area contributed by atoms with Crippen LogP contribution >= 0.6 is 0 Å². The third-order valence-electron chi connectivity index (χ3n) is 4.96. The molecule has 4 rings (SSSR count). The van der Waals surface area contributed by atoms with E-state index in [0.717, 1.165) is 5.56 Å². The second kappa shape index (κ2) is 8.25. The van der Waals surface area contributed by atoms with Crippen molar-refractivity contribution in [3.05, 3.63) is 36.7 Å². The molecule has 0 aromatic carbocycles. The summed E-state index contributed by atoms with van der Waals surface area (Å²) in [6.45, 7) is 1.92. The van der Waals surface area contributed by atoms with E-state index in [0.29, 0.717) is 49.9 Å². The minimum absolute atomic E-state index is 0.355. The Bertz CT molecular complexity index is 1020. The molecule has 1 aliphatic heterocycles. The summed E-state index contributed by atoms with van der Waals surface area (Å²) in [6, 6.07) is 7.32. The van der Waals surface area contributed by atoms with Gasteiger partial charge in [0.05, 0.1) is 6.42 Å². The van der Waals surface area contributed by atoms with Crippen LogP contribution in [-0.2, 0) is 4.79 Å². The number of carbonyl (C=O) groups is 1. The van der Waals surface area contributed by atoms with Gasteiger partial charge in [0.2, 0.25) is 5.91 Å². The normalized spacial score (nSPS) is 15.4. The van der Waals surface area contributed by atoms with Crippen molar-refractivity contribution < 1.29 is 18.0 Å². The highest BCUT2D eigenvalue weighted by molar-refractivity contribution is 5.76. The molecule has 1 aliphatic rings. The Labute approximate surface area is 170 Å². The lowest BCUT2D eigenvalue weighted by Crippen LogP contribution is -2.36. The highest BCUT2D eigenvalue weighted by atomic mass is 19.4. The van der Waals surface area contributed by atoms with E-state index in [1.807, 2.05) is 23.1 Å². The average Bonchev–Trinajstić information content (AvgIpc) is 3.00. The van der Waals surface area contributed by atoms with E-state index in [4.69, 9.17) is 0 Å². The van der Waals surface area contributed by atoms with Crippen LogP contribution in [0.2, 0.25) is 0 Å². The summed E-state index contributed by atoms with van der Waals surface area (Å²) < 4.78 is 38.8. The zero-order valence-electron chi connectivity index (χ0n) is 16.1. The molecule has 0 aliphatic carbocycles. The van der Waals surface area contributed by atoms with Gasteiger partial charge >= 0.3 is 6.18 Å². The van der Waals surface area contributed by atoms with E-state index < -0.39 is 24.9 Å². The lowest BCUT2D eigenvalue weighted by Gasteiger charge is -2.23. The van der Waals surface area contributed by atoms with Gasteiger partial charge in [-0.05, 0) is 30.7 Å². The topological polar surface area (TPSA) is 79.5 Å². The lowest BCUT2D eigenvalue weighted by atomic mass is 10.2. The van der Waals surface area contributed by atoms with E-state index >= 15 is 0 Å². The van der Waals surface area contributed by atoms with Crippen LogP contribution in [0.3, 0.4) is 0 Å². The first-order chi connectivity index (χ1) is 14.4. The number of hydrogen-bond donors (Lipinski definition) is 0. The van der Waals surface area contributed by atoms with Crippen molar-refractivity contribution in [1.82, 2.24) is 29.7 Å². The van der Waals surface area contributed by atoms with Crippen molar-refractivity contribution >= 4 is 17.4 Å². The summed E-state index contributed by atoms with van der Waals surface area (Å²) in [7, 11) is 0. The van der Waals surface area contributed by atoms with Crippen LogP contribution in [0.4, 0.5) is 19.0 Å². The van der Waals surface area contributed by atoms with Crippen molar-refractivity contribution in [2.75, 3.05) is 31.1 Å². The van der Waals surface area contributed by atoms with Crippen LogP contribution < -0.4 is 4.90 Å². The van der Waals surface area contributed by atoms with Gasteiger partial charge in [-0.2, -0.15) is 17.7 Å². The molecular formula is C19H20F3N7O. The summed E-state index contributed by atoms with van der Waals surface area (Å²) in [5.74, 6) is 0.797. The number of hydrogen-bond acceptors (Lipinski definition) is 6. The third-order valence-corrected chi connectivity index (χ3v) is 4.96. The summed E-state index contributed by atoms with van der Waals surface area (Å²) in [6.07, 6.45) is -1.92. The van der Waals surface area contributed by atoms with Crippen molar-refractivity contribution in [2.24, 2.45) is 0 Å². The summed E-state index contributed by atoms with van der Waals surface area (Å²) >= 11 is 0. The van der Waals surface area contributed by atoms with Crippen molar-refractivity contribution in [3.8, 4) is 11.4 Å². The molecule has 0 spiro atoms. The Morgan fingerprint density at radius 2 is 1.93 bits per heavy atom. The van der Waals surface area contributed by atoms with Gasteiger partial charge in [-0.1, -0.05) is 0 Å². The fourth-order valence-electron chi connectivity index (χ4n) is 3.43. The zero-order chi connectivity index (χ0) is 21.1. The molecule has 1 fully saturated rings. The quantitative estimate of drug-likeness (QED) is 0.647. The predicted molar refractivity (Wildman–Crippen MR) is 103 cm³/mol. The van der Waals surface area contributed by atoms with Crippen LogP contribution in [-0.4, -0.2) is 68.0 Å². The molecule has 3 aromatic rings. The molecule has 11 heteroatoms. The number of fused-ring (bicyclic) bond motifs is 1. The molecule has 1 amide bonds. The molecular weight excluding hydrogens is 399 g/mol. The molecule has 0 bridgehead atoms. The van der Waals surface area contributed by atoms with E-state index in [9.17, 15) is 18.0 Å². The molecule has 0 unspecified atom stereocenters. The van der Waals surface area contributed by atoms with Gasteiger partial charge in [0.15, 0.2) is 11.5 Å². The molecule has 0 N–H and O–H groups in total. The van der Waals surface area contributed by atoms with E-state index in [1.165, 1.54) is 4.90 Å². The van der Waals surface area contributed by atoms with Gasteiger partial charge in [-0.25, -0.2) is 0 Å². The SMILES string of the molecule is O=C(CCC(F)(F)F)N1CCCN(c2ccc3nnc(-c4cccnc4)n3n2)CC1. The van der Waals surface area contributed by atoms with Crippen LogP contribution in [0.15, 0.2) is 36.7 Å². The largest absolute Gasteiger partial charge is 0.389 e. The standard InChI is InChI=1S/C19H20F3N7O/c20-19(21,22)7-6-17(30)28-10-2-9-27(11-12-28)16-5-4-15-24-25-18(29(15)26-16)14-3-1-8-23-13-14/h1,3-5,8,13H,2,6-7,9-12H2. The second-order valence-corrected chi connectivity index (χ2v) is 7.06. The molecule has 158 valence electrons. The van der Waals surface area contributed by atoms with Crippen molar-refractivity contribution in [2.45, 2.75) is 25.4 Å². The molecule has 0 saturated carbocycles. The Kier molecular flexibility index (Phi) is 5.51. The van der Waals surface area contributed by atoms with E-state index in [2.05, 4.69) is 20.3 Å². The predicted octanol–water partition coefficient (Wildman–Crippen LogP) is 2.57. The maximum atomic E-state index is 12.4. The number of rotatable bonds is 4. The molecule has 8 nitrogen and oxygen atoms in total. The smallest absolute Gasteiger partial charge is 0.353 e. The van der Waals surface area contributed by atoms with Crippen LogP contribution in [0.5, 0.6) is 0 Å². The van der Waals surface area contributed by atoms with Crippen LogP contribution in [0.25, 0.3) is 17.0 Å². The molecule has 0 atom stereocenters. The van der Waals surface area contributed by atoms with E-state index in [1.54, 1.807) is 23.0 Å². The number of halogens is 3. The Morgan fingerprint density at radius 3 is 2.70 bits per heavy atom. The molecule has 4 heterocycles. The van der Waals surface area contributed by atoms with Gasteiger partial charge in [0.25, 0.3) is 0 Å². The van der Waals surface area contributed by atoms with Crippen molar-refractivity contribution in [1.29, 1.82) is 0 Å². The fraction of sp³-hybridized carbons (Fsp3) is 0.421. The van der Waals surface area contributed by atoms with Gasteiger partial charge in [0, 0.05) is 50.6 Å². The first-order valence-corrected chi connectivity index (χ1v) is 9.63. The number of nitrogens with zero attached hydrogens (tertiary/aromatic N) is 7. The maximum absolute atomic E-state index is 12.4. The maximum Gasteiger partial charge on any atom is 0.389 e. The number of pyridine rings is 1. The third kappa shape index (κ3) is 4.50. The van der Waals surface area contributed by atoms with E-state index in [-0.39, 0.29) is 0 Å². The molecule has 30 heavy (non-hydrogen) atoms. The first kappa shape index (κ1) is 20.0. The summed E-state index contributed by atoms with van der Waals surface area (Å²) in [4.78, 5) is 19.8. The minimum atomic E-state index is -4.32. The van der Waals surface area contributed by atoms with Gasteiger partial charge < -0.3 is 9.80 Å². The number of carbonyl (C=O) groups excluding carboxylic acids is 1. The molecule has 3 aromatic heterocycles. The minimum Gasteiger partial charge on any atom is -0.353 e. The van der Waals surface area contributed by atoms with Gasteiger partial charge in [-0.3, -0.25) is 9.78 Å². The fourth-order valence-corrected chi connectivity index (χ4v) is 3.43. The van der Waals surface area contributed by atoms with Crippen LogP contribution in [0.1, 0.15) is 19.3 Å². The Balaban J connectivity index is 1.49. The number of aromatic nitrogens is 5. The highest BCUT2D eigenvalue weighted by Gasteiger charge is 2.29. The second-order valence-electron chi connectivity index (χ2n) is 7.06. The lowest BCUT2D eigenvalue weighted by molar-refractivity contribution is -0.149. The van der Waals surface area contributed by atoms with Crippen molar-refractivity contribution in [3.63, 3.8) is 0 Å². The summed E-state index contributed by atoms with van der Waals surface area (Å²) in [5, 5.41) is 13.0. The van der Waals surface area contributed by atoms with Crippen LogP contribution in [0, 0.1) is 0 Å². The number of amides is 1. The zero-order valence-corrected chi connectivity index (χ0v) is 16.1. The first-order valence-electron chi connectivity index (χ1n) is 9.63. The number of alkyl halides is 3. The van der Waals surface area contributed by atoms with Gasteiger partial charge in [-0.15, -0.1) is 15.3 Å². The highest BCUT2D eigenvalue weighted by Crippen LogP contribution is 2.23. The molecule has 1 saturated heterocycles. The Hall–Kier alpha value is -3.24. The summed E-state index contributed by atoms with van der Waals surface area (Å²) in [5.41, 5.74) is 1.38. The average molecular weight is 419 g/mol.